The van der Waals surface area contributed by atoms with Gasteiger partial charge in [0, 0.05) is 18.0 Å². The first-order chi connectivity index (χ1) is 11.1. The van der Waals surface area contributed by atoms with Crippen LogP contribution in [0.3, 0.4) is 0 Å². The Morgan fingerprint density at radius 2 is 2.30 bits per heavy atom. The Morgan fingerprint density at radius 3 is 3.09 bits per heavy atom. The lowest BCUT2D eigenvalue weighted by molar-refractivity contribution is 0.0947. The van der Waals surface area contributed by atoms with Crippen LogP contribution < -0.4 is 16.2 Å². The minimum atomic E-state index is -0.127. The molecule has 7 heteroatoms. The second-order valence-corrected chi connectivity index (χ2v) is 7.88. The molecular formula is C16H23N3O2S2. The van der Waals surface area contributed by atoms with Gasteiger partial charge in [-0.3, -0.25) is 15.6 Å². The van der Waals surface area contributed by atoms with Crippen LogP contribution in [0.2, 0.25) is 0 Å². The molecular weight excluding hydrogens is 330 g/mol. The van der Waals surface area contributed by atoms with Crippen LogP contribution in [0.4, 0.5) is 0 Å². The van der Waals surface area contributed by atoms with Crippen LogP contribution >= 0.6 is 23.6 Å². The first kappa shape index (κ1) is 16.7. The largest absolute Gasteiger partial charge is 0.376 e. The maximum atomic E-state index is 12.2. The predicted octanol–water partition coefficient (Wildman–Crippen LogP) is 2.16. The zero-order valence-corrected chi connectivity index (χ0v) is 14.9. The molecule has 23 heavy (non-hydrogen) atoms. The zero-order valence-electron chi connectivity index (χ0n) is 13.3. The molecule has 2 aliphatic rings. The number of carbonyl (C=O) groups excluding carboxylic acids is 1. The molecule has 0 bridgehead atoms. The molecule has 1 aliphatic carbocycles. The van der Waals surface area contributed by atoms with Gasteiger partial charge in [-0.2, -0.15) is 0 Å². The Labute approximate surface area is 146 Å². The van der Waals surface area contributed by atoms with Gasteiger partial charge in [-0.05, 0) is 61.9 Å². The maximum Gasteiger partial charge on any atom is 0.279 e. The molecule has 3 N–H and O–H groups in total. The van der Waals surface area contributed by atoms with Crippen LogP contribution in [0.25, 0.3) is 0 Å². The van der Waals surface area contributed by atoms with Crippen LogP contribution in [-0.2, 0) is 17.6 Å². The molecule has 1 amide bonds. The summed E-state index contributed by atoms with van der Waals surface area (Å²) in [6, 6.07) is 2.02. The first-order valence-corrected chi connectivity index (χ1v) is 9.41. The van der Waals surface area contributed by atoms with Gasteiger partial charge in [0.2, 0.25) is 0 Å². The Kier molecular flexibility index (Phi) is 5.50. The van der Waals surface area contributed by atoms with Crippen molar-refractivity contribution in [2.75, 3.05) is 13.2 Å². The molecule has 1 aromatic heterocycles. The molecule has 1 aromatic rings. The summed E-state index contributed by atoms with van der Waals surface area (Å²) in [7, 11) is 0. The number of carbonyl (C=O) groups is 1. The third-order valence-corrected chi connectivity index (χ3v) is 5.84. The SMILES string of the molecule is C[C@@H]1CCc2sc(C(=O)NNC(=S)NC[C@@H]3CCCO3)cc2C1. The molecule has 2 heterocycles. The lowest BCUT2D eigenvalue weighted by atomic mass is 9.90. The second kappa shape index (κ2) is 7.59. The third-order valence-electron chi connectivity index (χ3n) is 4.36. The smallest absolute Gasteiger partial charge is 0.279 e. The van der Waals surface area contributed by atoms with Crippen molar-refractivity contribution in [1.82, 2.24) is 16.2 Å². The van der Waals surface area contributed by atoms with Gasteiger partial charge in [0.1, 0.15) is 0 Å². The van der Waals surface area contributed by atoms with Gasteiger partial charge in [0.25, 0.3) is 5.91 Å². The molecule has 5 nitrogen and oxygen atoms in total. The van der Waals surface area contributed by atoms with E-state index in [1.807, 2.05) is 6.07 Å². The van der Waals surface area contributed by atoms with E-state index in [0.29, 0.717) is 17.6 Å². The topological polar surface area (TPSA) is 62.4 Å². The highest BCUT2D eigenvalue weighted by Gasteiger charge is 2.21. The molecule has 126 valence electrons. The summed E-state index contributed by atoms with van der Waals surface area (Å²) in [5, 5.41) is 3.49. The van der Waals surface area contributed by atoms with Crippen LogP contribution in [0.1, 0.15) is 46.3 Å². The third kappa shape index (κ3) is 4.43. The highest BCUT2D eigenvalue weighted by atomic mass is 32.1. The van der Waals surface area contributed by atoms with E-state index in [2.05, 4.69) is 23.1 Å². The number of aryl methyl sites for hydroxylation is 1. The normalized spacial score (nSPS) is 23.2. The second-order valence-electron chi connectivity index (χ2n) is 6.33. The van der Waals surface area contributed by atoms with Gasteiger partial charge < -0.3 is 10.1 Å². The summed E-state index contributed by atoms with van der Waals surface area (Å²) in [6.07, 6.45) is 5.75. The number of thiocarbonyl (C=S) groups is 1. The number of amides is 1. The lowest BCUT2D eigenvalue weighted by Gasteiger charge is -2.16. The van der Waals surface area contributed by atoms with E-state index < -0.39 is 0 Å². The van der Waals surface area contributed by atoms with E-state index in [1.165, 1.54) is 16.9 Å². The summed E-state index contributed by atoms with van der Waals surface area (Å²) in [5.74, 6) is 0.582. The number of nitrogens with one attached hydrogen (secondary N) is 3. The number of hydrogen-bond acceptors (Lipinski definition) is 4. The molecule has 2 atom stereocenters. The fourth-order valence-corrected chi connectivity index (χ4v) is 4.29. The minimum absolute atomic E-state index is 0.127. The van der Waals surface area contributed by atoms with Crippen molar-refractivity contribution in [3.8, 4) is 0 Å². The minimum Gasteiger partial charge on any atom is -0.376 e. The highest BCUT2D eigenvalue weighted by Crippen LogP contribution is 2.32. The van der Waals surface area contributed by atoms with Crippen LogP contribution in [-0.4, -0.2) is 30.3 Å². The van der Waals surface area contributed by atoms with Crippen LogP contribution in [0.5, 0.6) is 0 Å². The number of fused-ring (bicyclic) bond motifs is 1. The monoisotopic (exact) mass is 353 g/mol. The summed E-state index contributed by atoms with van der Waals surface area (Å²) in [4.78, 5) is 14.3. The summed E-state index contributed by atoms with van der Waals surface area (Å²) in [5.41, 5.74) is 6.77. The number of rotatable bonds is 3. The fraction of sp³-hybridized carbons (Fsp3) is 0.625. The molecule has 3 rings (SSSR count). The van der Waals surface area contributed by atoms with Gasteiger partial charge in [-0.25, -0.2) is 0 Å². The van der Waals surface area contributed by atoms with Crippen molar-refractivity contribution in [3.05, 3.63) is 21.4 Å². The van der Waals surface area contributed by atoms with E-state index in [9.17, 15) is 4.79 Å². The van der Waals surface area contributed by atoms with Crippen LogP contribution in [0.15, 0.2) is 6.07 Å². The number of hydrogen-bond donors (Lipinski definition) is 3. The molecule has 1 aliphatic heterocycles. The highest BCUT2D eigenvalue weighted by molar-refractivity contribution is 7.80. The predicted molar refractivity (Wildman–Crippen MR) is 95.7 cm³/mol. The van der Waals surface area contributed by atoms with E-state index in [1.54, 1.807) is 11.3 Å². The quantitative estimate of drug-likeness (QED) is 0.574. The van der Waals surface area contributed by atoms with Gasteiger partial charge in [-0.15, -0.1) is 11.3 Å². The van der Waals surface area contributed by atoms with Gasteiger partial charge >= 0.3 is 0 Å². The molecule has 1 saturated heterocycles. The Bertz CT molecular complexity index is 582. The number of ether oxygens (including phenoxy) is 1. The Morgan fingerprint density at radius 1 is 1.43 bits per heavy atom. The van der Waals surface area contributed by atoms with Crippen molar-refractivity contribution in [2.45, 2.75) is 45.1 Å². The molecule has 0 spiro atoms. The van der Waals surface area contributed by atoms with Crippen LogP contribution in [0, 0.1) is 5.92 Å². The molecule has 0 unspecified atom stereocenters. The van der Waals surface area contributed by atoms with E-state index in [-0.39, 0.29) is 12.0 Å². The summed E-state index contributed by atoms with van der Waals surface area (Å²) in [6.45, 7) is 3.76. The van der Waals surface area contributed by atoms with Gasteiger partial charge in [-0.1, -0.05) is 6.92 Å². The fourth-order valence-electron chi connectivity index (χ4n) is 3.05. The van der Waals surface area contributed by atoms with Crippen molar-refractivity contribution < 1.29 is 9.53 Å². The molecule has 0 saturated carbocycles. The number of hydrazine groups is 1. The average molecular weight is 354 g/mol. The molecule has 0 radical (unpaired) electrons. The van der Waals surface area contributed by atoms with Gasteiger partial charge in [0.05, 0.1) is 11.0 Å². The van der Waals surface area contributed by atoms with Crippen molar-refractivity contribution >= 4 is 34.6 Å². The Balaban J connectivity index is 1.44. The van der Waals surface area contributed by atoms with E-state index in [4.69, 9.17) is 17.0 Å². The van der Waals surface area contributed by atoms with E-state index in [0.717, 1.165) is 37.2 Å². The average Bonchev–Trinajstić information content (AvgIpc) is 3.19. The van der Waals surface area contributed by atoms with Crippen molar-refractivity contribution in [3.63, 3.8) is 0 Å². The standard InChI is InChI=1S/C16H23N3O2S2/c1-10-4-5-13-11(7-10)8-14(23-13)15(20)18-19-16(22)17-9-12-3-2-6-21-12/h8,10,12H,2-7,9H2,1H3,(H,18,20)(H2,17,19,22)/t10-,12+/m1/s1. The summed E-state index contributed by atoms with van der Waals surface area (Å²) < 4.78 is 5.52. The zero-order chi connectivity index (χ0) is 16.2. The first-order valence-electron chi connectivity index (χ1n) is 8.19. The van der Waals surface area contributed by atoms with Crippen molar-refractivity contribution in [1.29, 1.82) is 0 Å². The molecule has 1 fully saturated rings. The van der Waals surface area contributed by atoms with Crippen molar-refractivity contribution in [2.24, 2.45) is 5.92 Å². The molecule has 0 aromatic carbocycles. The summed E-state index contributed by atoms with van der Waals surface area (Å²) >= 11 is 6.77. The Hall–Kier alpha value is -1.18. The number of thiophene rings is 1. The lowest BCUT2D eigenvalue weighted by Crippen LogP contribution is -2.48. The van der Waals surface area contributed by atoms with Gasteiger partial charge in [0.15, 0.2) is 5.11 Å². The maximum absolute atomic E-state index is 12.2. The van der Waals surface area contributed by atoms with E-state index >= 15 is 0 Å².